The molecule has 0 radical (unpaired) electrons. The first kappa shape index (κ1) is 23.0. The van der Waals surface area contributed by atoms with Crippen LogP contribution in [-0.2, 0) is 22.5 Å². The second-order valence-electron chi connectivity index (χ2n) is 6.98. The van der Waals surface area contributed by atoms with Crippen LogP contribution in [0.5, 0.6) is 17.2 Å². The normalized spacial score (nSPS) is 10.5. The molecule has 168 valence electrons. The Morgan fingerprint density at radius 2 is 1.59 bits per heavy atom. The standard InChI is InChI=1S/C25H27NO6/c1-29-22-13-20(14-23(16-22)30-2)26(25(28)31-3)24-15-21(27)10-9-19(24)11-12-32-17-18-7-5-4-6-8-18/h4-10,13-16,27H,11-12,17H2,1-3H3. The van der Waals surface area contributed by atoms with Crippen molar-refractivity contribution < 1.29 is 28.8 Å². The third-order valence-electron chi connectivity index (χ3n) is 4.89. The van der Waals surface area contributed by atoms with Crippen molar-refractivity contribution in [2.75, 3.05) is 32.8 Å². The van der Waals surface area contributed by atoms with Crippen molar-refractivity contribution in [1.29, 1.82) is 0 Å². The number of phenols is 1. The zero-order valence-corrected chi connectivity index (χ0v) is 18.4. The first-order valence-corrected chi connectivity index (χ1v) is 10.1. The Balaban J connectivity index is 1.90. The number of rotatable bonds is 9. The summed E-state index contributed by atoms with van der Waals surface area (Å²) >= 11 is 0. The van der Waals surface area contributed by atoms with Gasteiger partial charge in [-0.1, -0.05) is 36.4 Å². The van der Waals surface area contributed by atoms with Gasteiger partial charge < -0.3 is 24.1 Å². The molecule has 0 unspecified atom stereocenters. The minimum absolute atomic E-state index is 0.0257. The highest BCUT2D eigenvalue weighted by atomic mass is 16.5. The minimum Gasteiger partial charge on any atom is -0.508 e. The molecule has 0 fully saturated rings. The second kappa shape index (κ2) is 11.1. The highest BCUT2D eigenvalue weighted by Gasteiger charge is 2.23. The Labute approximate surface area is 187 Å². The van der Waals surface area contributed by atoms with E-state index in [1.54, 1.807) is 30.3 Å². The molecule has 0 spiro atoms. The SMILES string of the molecule is COC(=O)N(c1cc(OC)cc(OC)c1)c1cc(O)ccc1CCOCc1ccccc1. The van der Waals surface area contributed by atoms with E-state index in [-0.39, 0.29) is 5.75 Å². The summed E-state index contributed by atoms with van der Waals surface area (Å²) in [4.78, 5) is 14.2. The molecule has 1 N–H and O–H groups in total. The van der Waals surface area contributed by atoms with Gasteiger partial charge in [-0.2, -0.15) is 0 Å². The molecule has 3 rings (SSSR count). The third kappa shape index (κ3) is 5.70. The van der Waals surface area contributed by atoms with E-state index < -0.39 is 6.09 Å². The summed E-state index contributed by atoms with van der Waals surface area (Å²) in [6, 6.07) is 19.9. The van der Waals surface area contributed by atoms with Crippen LogP contribution in [0.3, 0.4) is 0 Å². The Morgan fingerprint density at radius 1 is 0.906 bits per heavy atom. The van der Waals surface area contributed by atoms with Gasteiger partial charge in [0, 0.05) is 24.3 Å². The zero-order chi connectivity index (χ0) is 22.9. The van der Waals surface area contributed by atoms with Gasteiger partial charge in [-0.15, -0.1) is 0 Å². The Kier molecular flexibility index (Phi) is 7.94. The van der Waals surface area contributed by atoms with Crippen molar-refractivity contribution in [1.82, 2.24) is 0 Å². The number of amides is 1. The average Bonchev–Trinajstić information content (AvgIpc) is 2.83. The molecule has 32 heavy (non-hydrogen) atoms. The van der Waals surface area contributed by atoms with Gasteiger partial charge in [0.05, 0.1) is 45.9 Å². The van der Waals surface area contributed by atoms with Crippen molar-refractivity contribution in [2.45, 2.75) is 13.0 Å². The molecule has 0 heterocycles. The monoisotopic (exact) mass is 437 g/mol. The van der Waals surface area contributed by atoms with E-state index in [0.717, 1.165) is 11.1 Å². The van der Waals surface area contributed by atoms with Crippen molar-refractivity contribution in [3.05, 3.63) is 77.9 Å². The average molecular weight is 437 g/mol. The number of carbonyl (C=O) groups excluding carboxylic acids is 1. The number of benzene rings is 3. The van der Waals surface area contributed by atoms with Gasteiger partial charge in [0.2, 0.25) is 0 Å². The molecular formula is C25H27NO6. The Bertz CT molecular complexity index is 1020. The highest BCUT2D eigenvalue weighted by Crippen LogP contribution is 2.36. The molecule has 3 aromatic carbocycles. The predicted molar refractivity (Wildman–Crippen MR) is 122 cm³/mol. The first-order valence-electron chi connectivity index (χ1n) is 10.1. The van der Waals surface area contributed by atoms with Crippen molar-refractivity contribution in [3.8, 4) is 17.2 Å². The number of aromatic hydroxyl groups is 1. The fourth-order valence-corrected chi connectivity index (χ4v) is 3.27. The molecular weight excluding hydrogens is 410 g/mol. The Morgan fingerprint density at radius 3 is 2.22 bits per heavy atom. The summed E-state index contributed by atoms with van der Waals surface area (Å²) in [5.41, 5.74) is 2.85. The van der Waals surface area contributed by atoms with E-state index in [0.29, 0.717) is 42.5 Å². The third-order valence-corrected chi connectivity index (χ3v) is 4.89. The number of anilines is 2. The zero-order valence-electron chi connectivity index (χ0n) is 18.4. The van der Waals surface area contributed by atoms with Gasteiger partial charge in [0.1, 0.15) is 17.2 Å². The van der Waals surface area contributed by atoms with Crippen LogP contribution in [0.2, 0.25) is 0 Å². The summed E-state index contributed by atoms with van der Waals surface area (Å²) in [7, 11) is 4.37. The molecule has 0 aromatic heterocycles. The lowest BCUT2D eigenvalue weighted by atomic mass is 10.1. The maximum atomic E-state index is 12.8. The van der Waals surface area contributed by atoms with Crippen LogP contribution in [-0.4, -0.2) is 39.1 Å². The van der Waals surface area contributed by atoms with Gasteiger partial charge in [-0.05, 0) is 23.6 Å². The van der Waals surface area contributed by atoms with Crippen LogP contribution in [0.4, 0.5) is 16.2 Å². The van der Waals surface area contributed by atoms with Crippen LogP contribution in [0.15, 0.2) is 66.7 Å². The smallest absolute Gasteiger partial charge is 0.418 e. The summed E-state index contributed by atoms with van der Waals surface area (Å²) in [5, 5.41) is 10.2. The number of phenolic OH excluding ortho intramolecular Hbond substituents is 1. The first-order chi connectivity index (χ1) is 15.5. The van der Waals surface area contributed by atoms with E-state index in [9.17, 15) is 9.90 Å². The summed E-state index contributed by atoms with van der Waals surface area (Å²) in [6.07, 6.45) is -0.0887. The maximum absolute atomic E-state index is 12.8. The van der Waals surface area contributed by atoms with Crippen LogP contribution in [0.1, 0.15) is 11.1 Å². The number of carbonyl (C=O) groups is 1. The van der Waals surface area contributed by atoms with Crippen molar-refractivity contribution in [3.63, 3.8) is 0 Å². The number of nitrogens with zero attached hydrogens (tertiary/aromatic N) is 1. The lowest BCUT2D eigenvalue weighted by Gasteiger charge is -2.25. The second-order valence-corrected chi connectivity index (χ2v) is 6.98. The number of hydrogen-bond donors (Lipinski definition) is 1. The molecule has 0 aliphatic heterocycles. The molecule has 0 saturated carbocycles. The van der Waals surface area contributed by atoms with Gasteiger partial charge in [0.25, 0.3) is 0 Å². The quantitative estimate of drug-likeness (QED) is 0.471. The number of methoxy groups -OCH3 is 3. The van der Waals surface area contributed by atoms with E-state index in [2.05, 4.69) is 0 Å². The molecule has 0 saturated heterocycles. The summed E-state index contributed by atoms with van der Waals surface area (Å²) in [5.74, 6) is 1.06. The lowest BCUT2D eigenvalue weighted by molar-refractivity contribution is 0.124. The maximum Gasteiger partial charge on any atom is 0.418 e. The molecule has 7 heteroatoms. The fourth-order valence-electron chi connectivity index (χ4n) is 3.27. The van der Waals surface area contributed by atoms with Crippen molar-refractivity contribution >= 4 is 17.5 Å². The predicted octanol–water partition coefficient (Wildman–Crippen LogP) is 5.07. The molecule has 7 nitrogen and oxygen atoms in total. The molecule has 0 atom stereocenters. The number of hydrogen-bond acceptors (Lipinski definition) is 6. The molecule has 0 aliphatic rings. The summed E-state index contributed by atoms with van der Waals surface area (Å²) < 4.78 is 21.5. The van der Waals surface area contributed by atoms with Gasteiger partial charge in [0.15, 0.2) is 0 Å². The topological polar surface area (TPSA) is 77.5 Å². The van der Waals surface area contributed by atoms with Crippen LogP contribution in [0.25, 0.3) is 0 Å². The highest BCUT2D eigenvalue weighted by molar-refractivity contribution is 5.97. The lowest BCUT2D eigenvalue weighted by Crippen LogP contribution is -2.27. The fraction of sp³-hybridized carbons (Fsp3) is 0.240. The van der Waals surface area contributed by atoms with Crippen molar-refractivity contribution in [2.24, 2.45) is 0 Å². The Hall–Kier alpha value is -3.71. The molecule has 0 aliphatic carbocycles. The molecule has 1 amide bonds. The molecule has 0 bridgehead atoms. The van der Waals surface area contributed by atoms with E-state index >= 15 is 0 Å². The largest absolute Gasteiger partial charge is 0.508 e. The number of ether oxygens (including phenoxy) is 4. The van der Waals surface area contributed by atoms with E-state index in [1.807, 2.05) is 30.3 Å². The van der Waals surface area contributed by atoms with Crippen LogP contribution in [0, 0.1) is 0 Å². The van der Waals surface area contributed by atoms with Gasteiger partial charge in [-0.25, -0.2) is 9.69 Å². The summed E-state index contributed by atoms with van der Waals surface area (Å²) in [6.45, 7) is 0.922. The minimum atomic E-state index is -0.614. The van der Waals surface area contributed by atoms with Crippen LogP contribution >= 0.6 is 0 Å². The van der Waals surface area contributed by atoms with E-state index in [1.165, 1.54) is 32.3 Å². The molecule has 3 aromatic rings. The van der Waals surface area contributed by atoms with Gasteiger partial charge in [-0.3, -0.25) is 0 Å². The van der Waals surface area contributed by atoms with Gasteiger partial charge >= 0.3 is 6.09 Å². The van der Waals surface area contributed by atoms with E-state index in [4.69, 9.17) is 18.9 Å². The van der Waals surface area contributed by atoms with Crippen LogP contribution < -0.4 is 14.4 Å².